The summed E-state index contributed by atoms with van der Waals surface area (Å²) in [7, 11) is 0. The van der Waals surface area contributed by atoms with Crippen LogP contribution in [0.15, 0.2) is 12.1 Å². The van der Waals surface area contributed by atoms with E-state index in [9.17, 15) is 23.1 Å². The van der Waals surface area contributed by atoms with Gasteiger partial charge in [0.2, 0.25) is 0 Å². The summed E-state index contributed by atoms with van der Waals surface area (Å²) in [5.41, 5.74) is -2.33. The molecule has 0 heterocycles. The van der Waals surface area contributed by atoms with E-state index in [1.807, 2.05) is 0 Å². The van der Waals surface area contributed by atoms with E-state index in [1.165, 1.54) is 6.07 Å². The van der Waals surface area contributed by atoms with Gasteiger partial charge in [-0.25, -0.2) is 0 Å². The Balaban J connectivity index is 3.29. The van der Waals surface area contributed by atoms with E-state index in [0.29, 0.717) is 0 Å². The van der Waals surface area contributed by atoms with Gasteiger partial charge in [0, 0.05) is 0 Å². The van der Waals surface area contributed by atoms with E-state index in [1.54, 1.807) is 6.92 Å². The van der Waals surface area contributed by atoms with Crippen molar-refractivity contribution in [2.24, 2.45) is 0 Å². The Bertz CT molecular complexity index is 532. The summed E-state index contributed by atoms with van der Waals surface area (Å²) in [6.45, 7) is 1.64. The third kappa shape index (κ3) is 3.37. The van der Waals surface area contributed by atoms with Crippen LogP contribution in [0.2, 0.25) is 0 Å². The highest BCUT2D eigenvalue weighted by Gasteiger charge is 2.38. The molecule has 19 heavy (non-hydrogen) atoms. The topological polar surface area (TPSA) is 70.3 Å². The third-order valence-electron chi connectivity index (χ3n) is 2.31. The summed E-state index contributed by atoms with van der Waals surface area (Å²) in [6, 6.07) is 3.27. The maximum absolute atomic E-state index is 12.7. The second-order valence-corrected chi connectivity index (χ2v) is 3.59. The number of hydrogen-bond donors (Lipinski definition) is 1. The van der Waals surface area contributed by atoms with Crippen LogP contribution in [0.4, 0.5) is 13.2 Å². The molecule has 7 heteroatoms. The number of aromatic hydroxyl groups is 1. The SMILES string of the molecule is CCOC(=O)Cc1ccc(O)c(C(F)(F)F)c1C#N. The third-order valence-corrected chi connectivity index (χ3v) is 2.31. The molecular weight excluding hydrogens is 263 g/mol. The molecule has 0 fully saturated rings. The molecule has 1 rings (SSSR count). The van der Waals surface area contributed by atoms with Crippen molar-refractivity contribution in [3.05, 3.63) is 28.8 Å². The maximum Gasteiger partial charge on any atom is 0.421 e. The molecule has 1 aromatic rings. The molecule has 0 saturated carbocycles. The lowest BCUT2D eigenvalue weighted by Crippen LogP contribution is -2.13. The molecule has 0 aromatic heterocycles. The largest absolute Gasteiger partial charge is 0.507 e. The maximum atomic E-state index is 12.7. The lowest BCUT2D eigenvalue weighted by molar-refractivity contribution is -0.143. The summed E-state index contributed by atoms with van der Waals surface area (Å²) in [5, 5.41) is 18.0. The van der Waals surface area contributed by atoms with Gasteiger partial charge in [0.25, 0.3) is 0 Å². The summed E-state index contributed by atoms with van der Waals surface area (Å²) in [4.78, 5) is 11.3. The van der Waals surface area contributed by atoms with Crippen molar-refractivity contribution in [2.45, 2.75) is 19.5 Å². The monoisotopic (exact) mass is 273 g/mol. The van der Waals surface area contributed by atoms with E-state index in [-0.39, 0.29) is 12.2 Å². The second-order valence-electron chi connectivity index (χ2n) is 3.59. The van der Waals surface area contributed by atoms with Gasteiger partial charge in [-0.05, 0) is 18.6 Å². The zero-order valence-corrected chi connectivity index (χ0v) is 9.91. The van der Waals surface area contributed by atoms with E-state index in [0.717, 1.165) is 12.1 Å². The highest BCUT2D eigenvalue weighted by atomic mass is 19.4. The summed E-state index contributed by atoms with van der Waals surface area (Å²) in [5.74, 6) is -1.78. The van der Waals surface area contributed by atoms with E-state index >= 15 is 0 Å². The summed E-state index contributed by atoms with van der Waals surface area (Å²) in [6.07, 6.45) is -5.33. The molecule has 102 valence electrons. The van der Waals surface area contributed by atoms with Gasteiger partial charge < -0.3 is 9.84 Å². The van der Waals surface area contributed by atoms with Crippen LogP contribution in [0.3, 0.4) is 0 Å². The van der Waals surface area contributed by atoms with Crippen LogP contribution < -0.4 is 0 Å². The van der Waals surface area contributed by atoms with Crippen LogP contribution in [0.25, 0.3) is 0 Å². The van der Waals surface area contributed by atoms with Crippen molar-refractivity contribution in [1.82, 2.24) is 0 Å². The number of nitrogens with zero attached hydrogens (tertiary/aromatic N) is 1. The first-order valence-corrected chi connectivity index (χ1v) is 5.29. The molecule has 0 atom stereocenters. The van der Waals surface area contributed by atoms with Crippen LogP contribution >= 0.6 is 0 Å². The molecule has 0 aliphatic rings. The molecule has 0 saturated heterocycles. The average Bonchev–Trinajstić information content (AvgIpc) is 2.29. The predicted octanol–water partition coefficient (Wildman–Crippen LogP) is 2.39. The number of carbonyl (C=O) groups excluding carboxylic acids is 1. The quantitative estimate of drug-likeness (QED) is 0.858. The van der Waals surface area contributed by atoms with Crippen LogP contribution in [0.1, 0.15) is 23.6 Å². The fraction of sp³-hybridized carbons (Fsp3) is 0.333. The zero-order chi connectivity index (χ0) is 14.6. The number of halogens is 3. The number of carbonyl (C=O) groups is 1. The van der Waals surface area contributed by atoms with Gasteiger partial charge in [-0.15, -0.1) is 0 Å². The molecule has 0 unspecified atom stereocenters. The van der Waals surface area contributed by atoms with E-state index in [2.05, 4.69) is 4.74 Å². The number of phenols is 1. The van der Waals surface area contributed by atoms with Crippen LogP contribution in [0.5, 0.6) is 5.75 Å². The number of esters is 1. The minimum Gasteiger partial charge on any atom is -0.507 e. The molecule has 0 amide bonds. The second kappa shape index (κ2) is 5.61. The highest BCUT2D eigenvalue weighted by molar-refractivity contribution is 5.74. The molecule has 0 aliphatic carbocycles. The molecule has 1 aromatic carbocycles. The molecular formula is C12H10F3NO3. The van der Waals surface area contributed by atoms with Gasteiger partial charge in [0.1, 0.15) is 17.4 Å². The summed E-state index contributed by atoms with van der Waals surface area (Å²) < 4.78 is 42.8. The Kier molecular flexibility index (Phi) is 4.38. The fourth-order valence-corrected chi connectivity index (χ4v) is 1.56. The number of ether oxygens (including phenoxy) is 1. The van der Waals surface area contributed by atoms with Gasteiger partial charge >= 0.3 is 12.1 Å². The molecule has 0 aliphatic heterocycles. The fourth-order valence-electron chi connectivity index (χ4n) is 1.56. The Morgan fingerprint density at radius 1 is 1.47 bits per heavy atom. The average molecular weight is 273 g/mol. The molecule has 0 spiro atoms. The predicted molar refractivity (Wildman–Crippen MR) is 58.2 cm³/mol. The highest BCUT2D eigenvalue weighted by Crippen LogP contribution is 2.39. The van der Waals surface area contributed by atoms with Crippen LogP contribution in [-0.2, 0) is 22.1 Å². The number of rotatable bonds is 3. The van der Waals surface area contributed by atoms with Gasteiger partial charge in [0.05, 0.1) is 18.6 Å². The van der Waals surface area contributed by atoms with Crippen molar-refractivity contribution in [3.8, 4) is 11.8 Å². The standard InChI is InChI=1S/C12H10F3NO3/c1-2-19-10(18)5-7-3-4-9(17)11(8(7)6-16)12(13,14)15/h3-4,17H,2,5H2,1H3. The smallest absolute Gasteiger partial charge is 0.421 e. The number of phenolic OH excluding ortho intramolecular Hbond substituents is 1. The van der Waals surface area contributed by atoms with Crippen LogP contribution in [0, 0.1) is 11.3 Å². The van der Waals surface area contributed by atoms with Crippen molar-refractivity contribution in [1.29, 1.82) is 5.26 Å². The number of alkyl halides is 3. The summed E-state index contributed by atoms with van der Waals surface area (Å²) >= 11 is 0. The first-order chi connectivity index (χ1) is 8.81. The Labute approximate surface area is 107 Å². The molecule has 4 nitrogen and oxygen atoms in total. The Morgan fingerprint density at radius 3 is 2.58 bits per heavy atom. The van der Waals surface area contributed by atoms with Crippen molar-refractivity contribution >= 4 is 5.97 Å². The minimum atomic E-state index is -4.88. The van der Waals surface area contributed by atoms with Crippen molar-refractivity contribution in [2.75, 3.05) is 6.61 Å². The minimum absolute atomic E-state index is 0.0882. The van der Waals surface area contributed by atoms with Gasteiger partial charge in [-0.1, -0.05) is 6.07 Å². The Morgan fingerprint density at radius 2 is 2.11 bits per heavy atom. The number of benzene rings is 1. The van der Waals surface area contributed by atoms with E-state index in [4.69, 9.17) is 5.26 Å². The van der Waals surface area contributed by atoms with Crippen LogP contribution in [-0.4, -0.2) is 17.7 Å². The Hall–Kier alpha value is -2.23. The first-order valence-electron chi connectivity index (χ1n) is 5.29. The zero-order valence-electron chi connectivity index (χ0n) is 9.91. The van der Waals surface area contributed by atoms with Crippen molar-refractivity contribution < 1.29 is 27.8 Å². The van der Waals surface area contributed by atoms with Gasteiger partial charge in [0.15, 0.2) is 0 Å². The lowest BCUT2D eigenvalue weighted by Gasteiger charge is -2.13. The number of hydrogen-bond acceptors (Lipinski definition) is 4. The number of nitriles is 1. The van der Waals surface area contributed by atoms with Gasteiger partial charge in [-0.2, -0.15) is 18.4 Å². The van der Waals surface area contributed by atoms with E-state index < -0.39 is 35.4 Å². The molecule has 1 N–H and O–H groups in total. The van der Waals surface area contributed by atoms with Crippen molar-refractivity contribution in [3.63, 3.8) is 0 Å². The lowest BCUT2D eigenvalue weighted by atomic mass is 9.98. The van der Waals surface area contributed by atoms with Gasteiger partial charge in [-0.3, -0.25) is 4.79 Å². The molecule has 0 bridgehead atoms. The normalized spacial score (nSPS) is 10.9. The molecule has 0 radical (unpaired) electrons. The first kappa shape index (κ1) is 14.8.